The number of carbonyl (C=O) groups is 1. The van der Waals surface area contributed by atoms with Crippen molar-refractivity contribution < 1.29 is 9.18 Å². The second kappa shape index (κ2) is 5.08. The van der Waals surface area contributed by atoms with Gasteiger partial charge in [0.2, 0.25) is 0 Å². The van der Waals surface area contributed by atoms with Gasteiger partial charge in [-0.1, -0.05) is 35.9 Å². The van der Waals surface area contributed by atoms with E-state index in [9.17, 15) is 9.18 Å². The molecule has 0 spiro atoms. The first-order valence-electron chi connectivity index (χ1n) is 6.77. The molecule has 0 N–H and O–H groups in total. The molecule has 3 heteroatoms. The van der Waals surface area contributed by atoms with Crippen molar-refractivity contribution in [2.24, 2.45) is 0 Å². The van der Waals surface area contributed by atoms with E-state index in [2.05, 4.69) is 6.07 Å². The summed E-state index contributed by atoms with van der Waals surface area (Å²) in [5.41, 5.74) is 3.50. The predicted octanol–water partition coefficient (Wildman–Crippen LogP) is 3.33. The molecule has 0 atom stereocenters. The monoisotopic (exact) mass is 269 g/mol. The molecule has 0 fully saturated rings. The Morgan fingerprint density at radius 3 is 2.70 bits per heavy atom. The number of fused-ring (bicyclic) bond motifs is 1. The number of amides is 1. The fourth-order valence-corrected chi connectivity index (χ4v) is 2.64. The van der Waals surface area contributed by atoms with Crippen molar-refractivity contribution in [3.05, 3.63) is 70.5 Å². The number of nitrogens with zero attached hydrogens (tertiary/aromatic N) is 1. The third-order valence-corrected chi connectivity index (χ3v) is 3.77. The standard InChI is InChI=1S/C17H16FNO/c1-12-6-7-16(18)15(10-12)17(20)19-9-8-13-4-2-3-5-14(13)11-19/h2-7,10H,8-9,11H2,1H3. The van der Waals surface area contributed by atoms with Gasteiger partial charge < -0.3 is 4.90 Å². The van der Waals surface area contributed by atoms with Crippen LogP contribution in [0.5, 0.6) is 0 Å². The SMILES string of the molecule is Cc1ccc(F)c(C(=O)N2CCc3ccccc3C2)c1. The molecule has 2 aromatic carbocycles. The van der Waals surface area contributed by atoms with Gasteiger partial charge in [0.1, 0.15) is 5.82 Å². The molecule has 3 rings (SSSR count). The summed E-state index contributed by atoms with van der Waals surface area (Å²) in [5, 5.41) is 0. The Labute approximate surface area is 117 Å². The third kappa shape index (κ3) is 2.31. The van der Waals surface area contributed by atoms with Gasteiger partial charge in [-0.05, 0) is 36.6 Å². The average Bonchev–Trinajstić information content (AvgIpc) is 2.48. The lowest BCUT2D eigenvalue weighted by molar-refractivity contribution is 0.0730. The molecule has 0 saturated heterocycles. The molecule has 0 unspecified atom stereocenters. The van der Waals surface area contributed by atoms with Gasteiger partial charge in [-0.3, -0.25) is 4.79 Å². The van der Waals surface area contributed by atoms with Crippen molar-refractivity contribution in [2.45, 2.75) is 19.9 Å². The van der Waals surface area contributed by atoms with Crippen LogP contribution in [0, 0.1) is 12.7 Å². The summed E-state index contributed by atoms with van der Waals surface area (Å²) in [7, 11) is 0. The highest BCUT2D eigenvalue weighted by Crippen LogP contribution is 2.21. The van der Waals surface area contributed by atoms with E-state index in [1.165, 1.54) is 11.6 Å². The number of carbonyl (C=O) groups excluding carboxylic acids is 1. The Bertz CT molecular complexity index is 666. The van der Waals surface area contributed by atoms with Gasteiger partial charge in [0.05, 0.1) is 5.56 Å². The zero-order chi connectivity index (χ0) is 14.1. The van der Waals surface area contributed by atoms with E-state index in [0.717, 1.165) is 17.5 Å². The zero-order valence-corrected chi connectivity index (χ0v) is 11.4. The molecular formula is C17H16FNO. The van der Waals surface area contributed by atoms with Crippen molar-refractivity contribution in [1.29, 1.82) is 0 Å². The smallest absolute Gasteiger partial charge is 0.257 e. The molecule has 2 nitrogen and oxygen atoms in total. The molecule has 2 aromatic rings. The number of hydrogen-bond donors (Lipinski definition) is 0. The van der Waals surface area contributed by atoms with Gasteiger partial charge in [0, 0.05) is 13.1 Å². The van der Waals surface area contributed by atoms with E-state index in [0.29, 0.717) is 13.1 Å². The van der Waals surface area contributed by atoms with Gasteiger partial charge in [0.25, 0.3) is 5.91 Å². The summed E-state index contributed by atoms with van der Waals surface area (Å²) >= 11 is 0. The molecule has 1 aliphatic heterocycles. The fourth-order valence-electron chi connectivity index (χ4n) is 2.64. The van der Waals surface area contributed by atoms with Crippen LogP contribution in [0.2, 0.25) is 0 Å². The summed E-state index contributed by atoms with van der Waals surface area (Å²) in [6.45, 7) is 3.06. The van der Waals surface area contributed by atoms with Crippen LogP contribution >= 0.6 is 0 Å². The van der Waals surface area contributed by atoms with Gasteiger partial charge in [0.15, 0.2) is 0 Å². The largest absolute Gasteiger partial charge is 0.334 e. The molecule has 0 bridgehead atoms. The first-order chi connectivity index (χ1) is 9.65. The molecule has 20 heavy (non-hydrogen) atoms. The number of hydrogen-bond acceptors (Lipinski definition) is 1. The summed E-state index contributed by atoms with van der Waals surface area (Å²) in [6.07, 6.45) is 0.829. The van der Waals surface area contributed by atoms with Crippen molar-refractivity contribution in [1.82, 2.24) is 4.90 Å². The minimum absolute atomic E-state index is 0.171. The molecule has 1 heterocycles. The number of rotatable bonds is 1. The van der Waals surface area contributed by atoms with Crippen molar-refractivity contribution >= 4 is 5.91 Å². The third-order valence-electron chi connectivity index (χ3n) is 3.77. The van der Waals surface area contributed by atoms with Crippen LogP contribution in [0.3, 0.4) is 0 Å². The maximum atomic E-state index is 13.8. The lowest BCUT2D eigenvalue weighted by Gasteiger charge is -2.29. The van der Waals surface area contributed by atoms with Crippen LogP contribution in [0.25, 0.3) is 0 Å². The average molecular weight is 269 g/mol. The summed E-state index contributed by atoms with van der Waals surface area (Å²) in [4.78, 5) is 14.2. The Morgan fingerprint density at radius 1 is 1.15 bits per heavy atom. The summed E-state index contributed by atoms with van der Waals surface area (Å²) < 4.78 is 13.8. The van der Waals surface area contributed by atoms with E-state index in [4.69, 9.17) is 0 Å². The van der Waals surface area contributed by atoms with Crippen LogP contribution in [0.15, 0.2) is 42.5 Å². The molecule has 1 aliphatic rings. The minimum Gasteiger partial charge on any atom is -0.334 e. The molecule has 1 amide bonds. The topological polar surface area (TPSA) is 20.3 Å². The fraction of sp³-hybridized carbons (Fsp3) is 0.235. The zero-order valence-electron chi connectivity index (χ0n) is 11.4. The highest BCUT2D eigenvalue weighted by molar-refractivity contribution is 5.94. The lowest BCUT2D eigenvalue weighted by Crippen LogP contribution is -2.36. The number of benzene rings is 2. The maximum Gasteiger partial charge on any atom is 0.257 e. The van der Waals surface area contributed by atoms with Crippen molar-refractivity contribution in [3.63, 3.8) is 0 Å². The Kier molecular flexibility index (Phi) is 3.26. The van der Waals surface area contributed by atoms with E-state index in [1.54, 1.807) is 17.0 Å². The highest BCUT2D eigenvalue weighted by atomic mass is 19.1. The maximum absolute atomic E-state index is 13.8. The Balaban J connectivity index is 1.88. The van der Waals surface area contributed by atoms with Crippen LogP contribution in [-0.4, -0.2) is 17.4 Å². The first-order valence-corrected chi connectivity index (χ1v) is 6.77. The van der Waals surface area contributed by atoms with Crippen molar-refractivity contribution in [2.75, 3.05) is 6.54 Å². The van der Waals surface area contributed by atoms with E-state index < -0.39 is 5.82 Å². The second-order valence-electron chi connectivity index (χ2n) is 5.23. The van der Waals surface area contributed by atoms with Gasteiger partial charge in [-0.2, -0.15) is 0 Å². The molecular weight excluding hydrogens is 253 g/mol. The minimum atomic E-state index is -0.445. The van der Waals surface area contributed by atoms with E-state index >= 15 is 0 Å². The molecule has 0 aliphatic carbocycles. The lowest BCUT2D eigenvalue weighted by atomic mass is 9.99. The van der Waals surface area contributed by atoms with Crippen molar-refractivity contribution in [3.8, 4) is 0 Å². The Hall–Kier alpha value is -2.16. The molecule has 0 aromatic heterocycles. The van der Waals surface area contributed by atoms with Gasteiger partial charge in [-0.15, -0.1) is 0 Å². The molecule has 0 radical (unpaired) electrons. The number of aryl methyl sites for hydroxylation is 1. The highest BCUT2D eigenvalue weighted by Gasteiger charge is 2.23. The first kappa shape index (κ1) is 12.9. The van der Waals surface area contributed by atoms with Crippen LogP contribution in [0.4, 0.5) is 4.39 Å². The molecule has 102 valence electrons. The Morgan fingerprint density at radius 2 is 1.90 bits per heavy atom. The second-order valence-corrected chi connectivity index (χ2v) is 5.23. The van der Waals surface area contributed by atoms with Crippen LogP contribution in [-0.2, 0) is 13.0 Å². The van der Waals surface area contributed by atoms with E-state index in [1.807, 2.05) is 25.1 Å². The van der Waals surface area contributed by atoms with Gasteiger partial charge in [-0.25, -0.2) is 4.39 Å². The molecule has 0 saturated carbocycles. The van der Waals surface area contributed by atoms with Crippen LogP contribution in [0.1, 0.15) is 27.0 Å². The summed E-state index contributed by atoms with van der Waals surface area (Å²) in [5.74, 6) is -0.667. The number of halogens is 1. The predicted molar refractivity (Wildman–Crippen MR) is 76.0 cm³/mol. The quantitative estimate of drug-likeness (QED) is 0.777. The summed E-state index contributed by atoms with van der Waals surface area (Å²) in [6, 6.07) is 12.8. The van der Waals surface area contributed by atoms with Crippen LogP contribution < -0.4 is 0 Å². The van der Waals surface area contributed by atoms with E-state index in [-0.39, 0.29) is 11.5 Å². The normalized spacial score (nSPS) is 14.0. The van der Waals surface area contributed by atoms with Gasteiger partial charge >= 0.3 is 0 Å².